The van der Waals surface area contributed by atoms with Crippen LogP contribution >= 0.6 is 0 Å². The summed E-state index contributed by atoms with van der Waals surface area (Å²) in [6.45, 7) is 2.30. The Morgan fingerprint density at radius 3 is 0.909 bits per heavy atom. The highest BCUT2D eigenvalue weighted by atomic mass is 16.1. The predicted octanol–water partition coefficient (Wildman–Crippen LogP) is 14.9. The third-order valence-electron chi connectivity index (χ3n) is 9.56. The van der Waals surface area contributed by atoms with Crippen LogP contribution in [-0.2, 0) is 4.79 Å². The van der Waals surface area contributed by atoms with E-state index in [1.54, 1.807) is 0 Å². The van der Waals surface area contributed by atoms with E-state index in [9.17, 15) is 4.79 Å². The zero-order valence-electron chi connectivity index (χ0n) is 29.8. The number of anilines is 1. The maximum Gasteiger partial charge on any atom is 0.224 e. The van der Waals surface area contributed by atoms with E-state index in [0.29, 0.717) is 6.42 Å². The normalized spacial score (nSPS) is 11.3. The second-order valence-corrected chi connectivity index (χ2v) is 14.0. The van der Waals surface area contributed by atoms with Crippen molar-refractivity contribution in [3.63, 3.8) is 0 Å². The van der Waals surface area contributed by atoms with Gasteiger partial charge in [-0.3, -0.25) is 4.79 Å². The van der Waals surface area contributed by atoms with Crippen LogP contribution < -0.4 is 5.32 Å². The lowest BCUT2D eigenvalue weighted by Crippen LogP contribution is -2.10. The molecule has 0 aromatic heterocycles. The summed E-state index contributed by atoms with van der Waals surface area (Å²) < 4.78 is 0. The van der Waals surface area contributed by atoms with Crippen LogP contribution in [0.15, 0.2) is 30.3 Å². The molecule has 0 aliphatic carbocycles. The number of amides is 1. The summed E-state index contributed by atoms with van der Waals surface area (Å²) in [4.78, 5) is 12.0. The highest BCUT2D eigenvalue weighted by molar-refractivity contribution is 5.90. The first-order valence-corrected chi connectivity index (χ1v) is 20.2. The lowest BCUT2D eigenvalue weighted by Gasteiger charge is -2.05. The molecule has 0 aliphatic rings. The third kappa shape index (κ3) is 30.7. The largest absolute Gasteiger partial charge is 0.326 e. The number of rotatable bonds is 35. The van der Waals surface area contributed by atoms with Gasteiger partial charge in [0.25, 0.3) is 0 Å². The molecule has 1 N–H and O–H groups in total. The van der Waals surface area contributed by atoms with E-state index in [1.807, 2.05) is 30.3 Å². The molecule has 0 bridgehead atoms. The second kappa shape index (κ2) is 34.6. The molecular weight excluding hydrogens is 534 g/mol. The van der Waals surface area contributed by atoms with Gasteiger partial charge in [-0.15, -0.1) is 0 Å². The van der Waals surface area contributed by atoms with E-state index in [4.69, 9.17) is 0 Å². The molecule has 1 rings (SSSR count). The van der Waals surface area contributed by atoms with Crippen molar-refractivity contribution in [2.75, 3.05) is 5.32 Å². The molecule has 1 aromatic rings. The van der Waals surface area contributed by atoms with Crippen molar-refractivity contribution in [3.05, 3.63) is 30.3 Å². The third-order valence-corrected chi connectivity index (χ3v) is 9.56. The van der Waals surface area contributed by atoms with E-state index in [2.05, 4.69) is 12.2 Å². The number of nitrogens with one attached hydrogen (secondary N) is 1. The summed E-state index contributed by atoms with van der Waals surface area (Å²) in [5.74, 6) is 0.150. The van der Waals surface area contributed by atoms with Crippen LogP contribution in [0.2, 0.25) is 0 Å². The first-order valence-electron chi connectivity index (χ1n) is 20.2. The van der Waals surface area contributed by atoms with E-state index in [1.165, 1.54) is 205 Å². The highest BCUT2D eigenvalue weighted by Crippen LogP contribution is 2.17. The van der Waals surface area contributed by atoms with Crippen molar-refractivity contribution in [2.24, 2.45) is 0 Å². The Kier molecular flexibility index (Phi) is 32.0. The van der Waals surface area contributed by atoms with Crippen molar-refractivity contribution in [1.82, 2.24) is 0 Å². The summed E-state index contributed by atoms with van der Waals surface area (Å²) in [6, 6.07) is 9.78. The average molecular weight is 612 g/mol. The molecule has 0 fully saturated rings. The minimum absolute atomic E-state index is 0.150. The van der Waals surface area contributed by atoms with Gasteiger partial charge >= 0.3 is 0 Å². The van der Waals surface area contributed by atoms with Gasteiger partial charge in [0, 0.05) is 12.1 Å². The zero-order valence-corrected chi connectivity index (χ0v) is 29.8. The number of benzene rings is 1. The van der Waals surface area contributed by atoms with E-state index in [-0.39, 0.29) is 5.91 Å². The van der Waals surface area contributed by atoms with E-state index >= 15 is 0 Å². The Hall–Kier alpha value is -1.31. The summed E-state index contributed by atoms with van der Waals surface area (Å²) in [5.41, 5.74) is 0.906. The Morgan fingerprint density at radius 2 is 0.636 bits per heavy atom. The Morgan fingerprint density at radius 1 is 0.386 bits per heavy atom. The first kappa shape index (κ1) is 40.7. The van der Waals surface area contributed by atoms with Gasteiger partial charge in [-0.1, -0.05) is 231 Å². The van der Waals surface area contributed by atoms with Gasteiger partial charge < -0.3 is 5.32 Å². The number of unbranched alkanes of at least 4 members (excludes halogenated alkanes) is 32. The molecule has 44 heavy (non-hydrogen) atoms. The van der Waals surface area contributed by atoms with Crippen LogP contribution in [0.3, 0.4) is 0 Å². The van der Waals surface area contributed by atoms with Gasteiger partial charge in [0.1, 0.15) is 0 Å². The monoisotopic (exact) mass is 612 g/mol. The standard InChI is InChI=1S/C42H77NO/c1-2-3-4-5-6-7-8-9-10-11-12-13-14-15-16-17-18-19-20-21-22-23-24-25-26-27-28-29-30-31-32-33-37-40-42(44)43-41-38-35-34-36-39-41/h34-36,38-39H,2-33,37,40H2,1H3,(H,43,44). The van der Waals surface area contributed by atoms with Gasteiger partial charge in [0.2, 0.25) is 5.91 Å². The maximum absolute atomic E-state index is 12.0. The number of para-hydroxylation sites is 1. The molecule has 0 saturated heterocycles. The molecule has 0 unspecified atom stereocenters. The Labute approximate surface area is 276 Å². The number of hydrogen-bond donors (Lipinski definition) is 1. The van der Waals surface area contributed by atoms with Gasteiger partial charge in [-0.05, 0) is 18.6 Å². The maximum atomic E-state index is 12.0. The summed E-state index contributed by atoms with van der Waals surface area (Å²) in [6.07, 6.45) is 47.7. The molecule has 2 nitrogen and oxygen atoms in total. The zero-order chi connectivity index (χ0) is 31.4. The fraction of sp³-hybridized carbons (Fsp3) is 0.833. The molecule has 0 radical (unpaired) electrons. The minimum Gasteiger partial charge on any atom is -0.326 e. The average Bonchev–Trinajstić information content (AvgIpc) is 3.03. The Balaban J connectivity index is 1.64. The molecule has 256 valence electrons. The first-order chi connectivity index (χ1) is 21.8. The summed E-state index contributed by atoms with van der Waals surface area (Å²) >= 11 is 0. The molecule has 0 spiro atoms. The van der Waals surface area contributed by atoms with Gasteiger partial charge in [0.15, 0.2) is 0 Å². The predicted molar refractivity (Wildman–Crippen MR) is 198 cm³/mol. The number of hydrogen-bond acceptors (Lipinski definition) is 1. The van der Waals surface area contributed by atoms with Crippen LogP contribution in [0, 0.1) is 0 Å². The number of carbonyl (C=O) groups excluding carboxylic acids is 1. The van der Waals surface area contributed by atoms with Crippen LogP contribution in [0.4, 0.5) is 5.69 Å². The lowest BCUT2D eigenvalue weighted by atomic mass is 10.0. The quantitative estimate of drug-likeness (QED) is 0.0760. The van der Waals surface area contributed by atoms with E-state index in [0.717, 1.165) is 12.1 Å². The molecule has 1 amide bonds. The molecular formula is C42H77NO. The van der Waals surface area contributed by atoms with Crippen molar-refractivity contribution in [2.45, 2.75) is 225 Å². The Bertz CT molecular complexity index is 686. The van der Waals surface area contributed by atoms with Crippen molar-refractivity contribution in [1.29, 1.82) is 0 Å². The van der Waals surface area contributed by atoms with E-state index < -0.39 is 0 Å². The van der Waals surface area contributed by atoms with Crippen molar-refractivity contribution < 1.29 is 4.79 Å². The van der Waals surface area contributed by atoms with Gasteiger partial charge in [-0.25, -0.2) is 0 Å². The van der Waals surface area contributed by atoms with Crippen LogP contribution in [0.5, 0.6) is 0 Å². The fourth-order valence-electron chi connectivity index (χ4n) is 6.58. The van der Waals surface area contributed by atoms with Gasteiger partial charge in [0.05, 0.1) is 0 Å². The molecule has 0 atom stereocenters. The van der Waals surface area contributed by atoms with Crippen LogP contribution in [0.1, 0.15) is 225 Å². The molecule has 0 saturated carbocycles. The molecule has 0 heterocycles. The highest BCUT2D eigenvalue weighted by Gasteiger charge is 2.02. The molecule has 1 aromatic carbocycles. The lowest BCUT2D eigenvalue weighted by molar-refractivity contribution is -0.116. The molecule has 0 aliphatic heterocycles. The number of carbonyl (C=O) groups is 1. The van der Waals surface area contributed by atoms with Crippen molar-refractivity contribution >= 4 is 11.6 Å². The smallest absolute Gasteiger partial charge is 0.224 e. The fourth-order valence-corrected chi connectivity index (χ4v) is 6.58. The van der Waals surface area contributed by atoms with Gasteiger partial charge in [-0.2, -0.15) is 0 Å². The summed E-state index contributed by atoms with van der Waals surface area (Å²) in [7, 11) is 0. The summed E-state index contributed by atoms with van der Waals surface area (Å²) in [5, 5.41) is 2.98. The minimum atomic E-state index is 0.150. The van der Waals surface area contributed by atoms with Crippen molar-refractivity contribution in [3.8, 4) is 0 Å². The van der Waals surface area contributed by atoms with Crippen LogP contribution in [-0.4, -0.2) is 5.91 Å². The second-order valence-electron chi connectivity index (χ2n) is 14.0. The SMILES string of the molecule is CCCCCCCCCCCCCCCCCCCCCCCCCCCCCCCCCCCC(=O)Nc1ccccc1. The topological polar surface area (TPSA) is 29.1 Å². The molecule has 2 heteroatoms. The van der Waals surface area contributed by atoms with Crippen LogP contribution in [0.25, 0.3) is 0 Å².